The van der Waals surface area contributed by atoms with Crippen molar-refractivity contribution in [3.8, 4) is 0 Å². The second-order valence-corrected chi connectivity index (χ2v) is 11.1. The summed E-state index contributed by atoms with van der Waals surface area (Å²) in [4.78, 5) is 11.1. The zero-order valence-corrected chi connectivity index (χ0v) is 17.6. The Morgan fingerprint density at radius 3 is 2.59 bits per heavy atom. The van der Waals surface area contributed by atoms with Gasteiger partial charge in [-0.3, -0.25) is 4.79 Å². The maximum Gasteiger partial charge on any atom is 0.303 e. The van der Waals surface area contributed by atoms with Crippen LogP contribution in [0.1, 0.15) is 91.4 Å². The third-order valence-electron chi connectivity index (χ3n) is 10.3. The van der Waals surface area contributed by atoms with Crippen molar-refractivity contribution in [1.29, 1.82) is 0 Å². The number of aliphatic hydroxyl groups is 1. The Kier molecular flexibility index (Phi) is 5.15. The SMILES string of the molecule is C[C@H](CCC(=O)O)[C@H]1CC[C@H]2[C@@H]3CC[C@H]4CCCC[C@]4(C)[C@H]3C[C@H](O)[C@]12C. The molecule has 4 saturated carbocycles. The topological polar surface area (TPSA) is 57.5 Å². The Balaban J connectivity index is 1.57. The van der Waals surface area contributed by atoms with E-state index in [2.05, 4.69) is 20.8 Å². The maximum atomic E-state index is 11.5. The summed E-state index contributed by atoms with van der Waals surface area (Å²) in [6.45, 7) is 7.16. The number of aliphatic carboxylic acids is 1. The molecule has 9 atom stereocenters. The summed E-state index contributed by atoms with van der Waals surface area (Å²) in [6, 6.07) is 0. The molecular formula is C24H40O3. The second-order valence-electron chi connectivity index (χ2n) is 11.1. The molecule has 0 radical (unpaired) electrons. The van der Waals surface area contributed by atoms with Gasteiger partial charge < -0.3 is 10.2 Å². The van der Waals surface area contributed by atoms with Gasteiger partial charge in [0.2, 0.25) is 0 Å². The second kappa shape index (κ2) is 7.04. The van der Waals surface area contributed by atoms with Gasteiger partial charge in [0.1, 0.15) is 0 Å². The minimum Gasteiger partial charge on any atom is -0.481 e. The van der Waals surface area contributed by atoms with E-state index >= 15 is 0 Å². The van der Waals surface area contributed by atoms with E-state index in [1.807, 2.05) is 0 Å². The highest BCUT2D eigenvalue weighted by molar-refractivity contribution is 5.66. The molecule has 4 aliphatic carbocycles. The Labute approximate surface area is 165 Å². The van der Waals surface area contributed by atoms with E-state index in [1.165, 1.54) is 51.4 Å². The summed E-state index contributed by atoms with van der Waals surface area (Å²) in [5.74, 6) is 3.21. The van der Waals surface area contributed by atoms with Gasteiger partial charge in [0, 0.05) is 6.42 Å². The van der Waals surface area contributed by atoms with Crippen LogP contribution >= 0.6 is 0 Å². The van der Waals surface area contributed by atoms with E-state index in [1.54, 1.807) is 0 Å². The zero-order chi connectivity index (χ0) is 19.4. The minimum atomic E-state index is -0.686. The molecular weight excluding hydrogens is 336 g/mol. The first-order chi connectivity index (χ1) is 12.8. The lowest BCUT2D eigenvalue weighted by molar-refractivity contribution is -0.168. The molecule has 0 spiro atoms. The number of fused-ring (bicyclic) bond motifs is 5. The lowest BCUT2D eigenvalue weighted by Crippen LogP contribution is -2.58. The largest absolute Gasteiger partial charge is 0.481 e. The number of hydrogen-bond donors (Lipinski definition) is 2. The molecule has 0 aliphatic heterocycles. The first-order valence-electron chi connectivity index (χ1n) is 11.7. The molecule has 0 aromatic carbocycles. The Morgan fingerprint density at radius 2 is 1.85 bits per heavy atom. The van der Waals surface area contributed by atoms with Crippen LogP contribution in [0, 0.1) is 46.3 Å². The predicted molar refractivity (Wildman–Crippen MR) is 107 cm³/mol. The van der Waals surface area contributed by atoms with E-state index in [9.17, 15) is 9.90 Å². The lowest BCUT2D eigenvalue weighted by atomic mass is 9.44. The molecule has 0 bridgehead atoms. The molecule has 0 aromatic heterocycles. The molecule has 4 rings (SSSR count). The van der Waals surface area contributed by atoms with Crippen molar-refractivity contribution < 1.29 is 15.0 Å². The van der Waals surface area contributed by atoms with E-state index in [0.717, 1.165) is 24.7 Å². The summed E-state index contributed by atoms with van der Waals surface area (Å²) < 4.78 is 0. The third kappa shape index (κ3) is 2.98. The van der Waals surface area contributed by atoms with Crippen LogP contribution in [0.15, 0.2) is 0 Å². The lowest BCUT2D eigenvalue weighted by Gasteiger charge is -2.62. The quantitative estimate of drug-likeness (QED) is 0.680. The molecule has 3 nitrogen and oxygen atoms in total. The van der Waals surface area contributed by atoms with Crippen molar-refractivity contribution in [2.45, 2.75) is 97.5 Å². The van der Waals surface area contributed by atoms with E-state index < -0.39 is 5.97 Å². The highest BCUT2D eigenvalue weighted by Gasteiger charge is 2.63. The summed E-state index contributed by atoms with van der Waals surface area (Å²) in [5.41, 5.74) is 0.452. The number of rotatable bonds is 4. The summed E-state index contributed by atoms with van der Waals surface area (Å²) in [6.07, 6.45) is 12.6. The van der Waals surface area contributed by atoms with Gasteiger partial charge in [-0.05, 0) is 97.7 Å². The van der Waals surface area contributed by atoms with Gasteiger partial charge in [0.05, 0.1) is 6.10 Å². The highest BCUT2D eigenvalue weighted by Crippen LogP contribution is 2.68. The fourth-order valence-electron chi connectivity index (χ4n) is 8.77. The molecule has 4 aliphatic rings. The number of carbonyl (C=O) groups is 1. The summed E-state index contributed by atoms with van der Waals surface area (Å²) in [5, 5.41) is 20.6. The fourth-order valence-corrected chi connectivity index (χ4v) is 8.77. The van der Waals surface area contributed by atoms with Gasteiger partial charge in [-0.1, -0.05) is 33.6 Å². The smallest absolute Gasteiger partial charge is 0.303 e. The van der Waals surface area contributed by atoms with Crippen molar-refractivity contribution in [2.24, 2.45) is 46.3 Å². The minimum absolute atomic E-state index is 0.00303. The number of aliphatic hydroxyl groups excluding tert-OH is 1. The zero-order valence-electron chi connectivity index (χ0n) is 17.6. The first kappa shape index (κ1) is 19.7. The van der Waals surface area contributed by atoms with Crippen LogP contribution in [0.25, 0.3) is 0 Å². The Bertz CT molecular complexity index is 574. The number of carboxylic acids is 1. The van der Waals surface area contributed by atoms with Crippen LogP contribution in [0.2, 0.25) is 0 Å². The van der Waals surface area contributed by atoms with Crippen molar-refractivity contribution >= 4 is 5.97 Å². The van der Waals surface area contributed by atoms with E-state index in [4.69, 9.17) is 5.11 Å². The predicted octanol–water partition coefficient (Wildman–Crippen LogP) is 5.51. The standard InChI is InChI=1S/C24H40O3/c1-15(7-12-22(26)27)18-10-11-19-17-9-8-16-6-4-5-13-23(16,2)20(17)14-21(25)24(18,19)3/h15-21,25H,4-14H2,1-3H3,(H,26,27)/t15-,16-,17+,18-,19+,20+,21+,23+,24-/m1/s1. The van der Waals surface area contributed by atoms with Crippen molar-refractivity contribution in [3.63, 3.8) is 0 Å². The molecule has 0 amide bonds. The Hall–Kier alpha value is -0.570. The molecule has 0 saturated heterocycles. The van der Waals surface area contributed by atoms with Crippen LogP contribution in [0.3, 0.4) is 0 Å². The molecule has 4 fully saturated rings. The molecule has 0 unspecified atom stereocenters. The van der Waals surface area contributed by atoms with Crippen molar-refractivity contribution in [3.05, 3.63) is 0 Å². The van der Waals surface area contributed by atoms with Gasteiger partial charge in [-0.15, -0.1) is 0 Å². The van der Waals surface area contributed by atoms with Crippen LogP contribution in [-0.4, -0.2) is 22.3 Å². The van der Waals surface area contributed by atoms with Crippen LogP contribution < -0.4 is 0 Å². The van der Waals surface area contributed by atoms with Gasteiger partial charge >= 0.3 is 5.97 Å². The van der Waals surface area contributed by atoms with Crippen LogP contribution in [0.5, 0.6) is 0 Å². The average molecular weight is 377 g/mol. The number of hydrogen-bond acceptors (Lipinski definition) is 2. The summed E-state index contributed by atoms with van der Waals surface area (Å²) in [7, 11) is 0. The van der Waals surface area contributed by atoms with Gasteiger partial charge in [0.25, 0.3) is 0 Å². The molecule has 3 heteroatoms. The van der Waals surface area contributed by atoms with E-state index in [0.29, 0.717) is 29.1 Å². The van der Waals surface area contributed by atoms with E-state index in [-0.39, 0.29) is 17.9 Å². The first-order valence-corrected chi connectivity index (χ1v) is 11.7. The Morgan fingerprint density at radius 1 is 1.07 bits per heavy atom. The molecule has 2 N–H and O–H groups in total. The van der Waals surface area contributed by atoms with Crippen LogP contribution in [-0.2, 0) is 4.79 Å². The fraction of sp³-hybridized carbons (Fsp3) is 0.958. The molecule has 0 aromatic rings. The van der Waals surface area contributed by atoms with Gasteiger partial charge in [0.15, 0.2) is 0 Å². The van der Waals surface area contributed by atoms with Gasteiger partial charge in [-0.2, -0.15) is 0 Å². The molecule has 0 heterocycles. The monoisotopic (exact) mass is 376 g/mol. The van der Waals surface area contributed by atoms with Crippen LogP contribution in [0.4, 0.5) is 0 Å². The summed E-state index contributed by atoms with van der Waals surface area (Å²) >= 11 is 0. The molecule has 27 heavy (non-hydrogen) atoms. The third-order valence-corrected chi connectivity index (χ3v) is 10.3. The maximum absolute atomic E-state index is 11.5. The van der Waals surface area contributed by atoms with Crippen molar-refractivity contribution in [1.82, 2.24) is 0 Å². The number of carboxylic acid groups (broad SMARTS) is 1. The highest BCUT2D eigenvalue weighted by atomic mass is 16.4. The normalized spacial score (nSPS) is 50.4. The molecule has 154 valence electrons. The average Bonchev–Trinajstić information content (AvgIpc) is 2.99. The van der Waals surface area contributed by atoms with Crippen molar-refractivity contribution in [2.75, 3.05) is 0 Å². The van der Waals surface area contributed by atoms with Gasteiger partial charge in [-0.25, -0.2) is 0 Å².